The van der Waals surface area contributed by atoms with E-state index in [9.17, 15) is 8.42 Å². The van der Waals surface area contributed by atoms with Gasteiger partial charge in [0.25, 0.3) is 10.0 Å². The van der Waals surface area contributed by atoms with Crippen molar-refractivity contribution in [1.29, 1.82) is 0 Å². The van der Waals surface area contributed by atoms with Gasteiger partial charge in [0.1, 0.15) is 16.2 Å². The van der Waals surface area contributed by atoms with Gasteiger partial charge in [0, 0.05) is 0 Å². The molecule has 22 heavy (non-hydrogen) atoms. The highest BCUT2D eigenvalue weighted by molar-refractivity contribution is 7.92. The van der Waals surface area contributed by atoms with E-state index >= 15 is 0 Å². The van der Waals surface area contributed by atoms with Crippen LogP contribution in [-0.4, -0.2) is 20.5 Å². The number of ether oxygens (including phenoxy) is 1. The fourth-order valence-electron chi connectivity index (χ4n) is 2.13. The van der Waals surface area contributed by atoms with Crippen molar-refractivity contribution in [2.75, 3.05) is 11.8 Å². The highest BCUT2D eigenvalue weighted by atomic mass is 32.2. The van der Waals surface area contributed by atoms with E-state index in [1.54, 1.807) is 36.4 Å². The standard InChI is InChI=1S/C15H14N2O4S/c1-10-3-5-14(20-2)15(7-10)22(18,19)17-11-4-6-13-12(8-11)16-9-21-13/h3-9,17H,1-2H3. The van der Waals surface area contributed by atoms with Gasteiger partial charge in [0.2, 0.25) is 0 Å². The molecule has 6 nitrogen and oxygen atoms in total. The van der Waals surface area contributed by atoms with Crippen LogP contribution in [-0.2, 0) is 10.0 Å². The van der Waals surface area contributed by atoms with Gasteiger partial charge in [-0.05, 0) is 42.8 Å². The number of nitrogens with one attached hydrogen (secondary N) is 1. The summed E-state index contributed by atoms with van der Waals surface area (Å²) >= 11 is 0. The molecule has 0 aliphatic rings. The molecule has 0 aliphatic heterocycles. The summed E-state index contributed by atoms with van der Waals surface area (Å²) in [5.41, 5.74) is 2.41. The number of anilines is 1. The van der Waals surface area contributed by atoms with Crippen molar-refractivity contribution in [3.63, 3.8) is 0 Å². The number of aromatic nitrogens is 1. The van der Waals surface area contributed by atoms with Crippen LogP contribution >= 0.6 is 0 Å². The van der Waals surface area contributed by atoms with Crippen molar-refractivity contribution in [2.45, 2.75) is 11.8 Å². The van der Waals surface area contributed by atoms with E-state index in [2.05, 4.69) is 9.71 Å². The van der Waals surface area contributed by atoms with Gasteiger partial charge in [-0.1, -0.05) is 6.07 Å². The zero-order chi connectivity index (χ0) is 15.7. The van der Waals surface area contributed by atoms with Gasteiger partial charge in [-0.3, -0.25) is 4.72 Å². The van der Waals surface area contributed by atoms with Gasteiger partial charge in [-0.2, -0.15) is 0 Å². The fraction of sp³-hybridized carbons (Fsp3) is 0.133. The molecule has 7 heteroatoms. The Balaban J connectivity index is 2.01. The maximum atomic E-state index is 12.6. The van der Waals surface area contributed by atoms with Crippen LogP contribution in [0.3, 0.4) is 0 Å². The van der Waals surface area contributed by atoms with Crippen LogP contribution in [0.25, 0.3) is 11.1 Å². The molecule has 0 saturated carbocycles. The number of benzene rings is 2. The van der Waals surface area contributed by atoms with E-state index in [0.717, 1.165) is 5.56 Å². The zero-order valence-electron chi connectivity index (χ0n) is 12.0. The van der Waals surface area contributed by atoms with Crippen molar-refractivity contribution in [2.24, 2.45) is 0 Å². The lowest BCUT2D eigenvalue weighted by atomic mass is 10.2. The lowest BCUT2D eigenvalue weighted by molar-refractivity contribution is 0.402. The Hall–Kier alpha value is -2.54. The number of rotatable bonds is 4. The average Bonchev–Trinajstić information content (AvgIpc) is 2.94. The minimum atomic E-state index is -3.76. The molecule has 3 aromatic rings. The third kappa shape index (κ3) is 2.62. The van der Waals surface area contributed by atoms with Crippen LogP contribution in [0.1, 0.15) is 5.56 Å². The fourth-order valence-corrected chi connectivity index (χ4v) is 3.43. The molecule has 1 N–H and O–H groups in total. The summed E-state index contributed by atoms with van der Waals surface area (Å²) in [5, 5.41) is 0. The summed E-state index contributed by atoms with van der Waals surface area (Å²) in [5.74, 6) is 0.292. The Labute approximate surface area is 127 Å². The summed E-state index contributed by atoms with van der Waals surface area (Å²) < 4.78 is 37.9. The number of hydrogen-bond donors (Lipinski definition) is 1. The van der Waals surface area contributed by atoms with Gasteiger partial charge in [0.15, 0.2) is 12.0 Å². The van der Waals surface area contributed by atoms with Crippen LogP contribution in [0, 0.1) is 6.92 Å². The largest absolute Gasteiger partial charge is 0.495 e. The predicted octanol–water partition coefficient (Wildman–Crippen LogP) is 2.95. The molecule has 0 radical (unpaired) electrons. The molecule has 2 aromatic carbocycles. The van der Waals surface area contributed by atoms with Crippen LogP contribution in [0.15, 0.2) is 52.1 Å². The number of oxazole rings is 1. The number of sulfonamides is 1. The molecule has 0 aliphatic carbocycles. The lowest BCUT2D eigenvalue weighted by Crippen LogP contribution is -2.14. The first-order chi connectivity index (χ1) is 10.5. The second-order valence-corrected chi connectivity index (χ2v) is 6.45. The Morgan fingerprint density at radius 1 is 1.18 bits per heavy atom. The third-order valence-corrected chi connectivity index (χ3v) is 4.59. The number of nitrogens with zero attached hydrogens (tertiary/aromatic N) is 1. The van der Waals surface area contributed by atoms with Crippen molar-refractivity contribution in [3.05, 3.63) is 48.4 Å². The summed E-state index contributed by atoms with van der Waals surface area (Å²) in [7, 11) is -2.33. The van der Waals surface area contributed by atoms with E-state index in [4.69, 9.17) is 9.15 Å². The number of methoxy groups -OCH3 is 1. The van der Waals surface area contributed by atoms with E-state index in [1.807, 2.05) is 6.92 Å². The number of aryl methyl sites for hydroxylation is 1. The van der Waals surface area contributed by atoms with Crippen molar-refractivity contribution in [1.82, 2.24) is 4.98 Å². The molecule has 1 aromatic heterocycles. The summed E-state index contributed by atoms with van der Waals surface area (Å²) in [6, 6.07) is 9.87. The molecule has 0 atom stereocenters. The van der Waals surface area contributed by atoms with E-state index in [1.165, 1.54) is 13.5 Å². The predicted molar refractivity (Wildman–Crippen MR) is 82.5 cm³/mol. The Morgan fingerprint density at radius 2 is 2.00 bits per heavy atom. The molecule has 0 unspecified atom stereocenters. The number of fused-ring (bicyclic) bond motifs is 1. The minimum absolute atomic E-state index is 0.0928. The Morgan fingerprint density at radius 3 is 2.77 bits per heavy atom. The van der Waals surface area contributed by atoms with Gasteiger partial charge in [-0.25, -0.2) is 13.4 Å². The van der Waals surface area contributed by atoms with Crippen molar-refractivity contribution in [3.8, 4) is 5.75 Å². The maximum absolute atomic E-state index is 12.6. The Bertz CT molecular complexity index is 932. The summed E-state index contributed by atoms with van der Waals surface area (Å²) in [4.78, 5) is 4.10. The van der Waals surface area contributed by atoms with Crippen molar-refractivity contribution >= 4 is 26.8 Å². The first kappa shape index (κ1) is 14.4. The van der Waals surface area contributed by atoms with Crippen LogP contribution in [0.2, 0.25) is 0 Å². The summed E-state index contributed by atoms with van der Waals surface area (Å²) in [6.07, 6.45) is 1.31. The molecule has 0 fully saturated rings. The minimum Gasteiger partial charge on any atom is -0.495 e. The van der Waals surface area contributed by atoms with Gasteiger partial charge in [-0.15, -0.1) is 0 Å². The smallest absolute Gasteiger partial charge is 0.265 e. The first-order valence-electron chi connectivity index (χ1n) is 6.50. The number of hydrogen-bond acceptors (Lipinski definition) is 5. The van der Waals surface area contributed by atoms with Gasteiger partial charge >= 0.3 is 0 Å². The second-order valence-electron chi connectivity index (χ2n) is 4.79. The van der Waals surface area contributed by atoms with Crippen LogP contribution < -0.4 is 9.46 Å². The van der Waals surface area contributed by atoms with E-state index < -0.39 is 10.0 Å². The molecule has 1 heterocycles. The third-order valence-electron chi connectivity index (χ3n) is 3.19. The first-order valence-corrected chi connectivity index (χ1v) is 7.98. The highest BCUT2D eigenvalue weighted by Crippen LogP contribution is 2.27. The molecule has 0 spiro atoms. The normalized spacial score (nSPS) is 11.5. The van der Waals surface area contributed by atoms with Gasteiger partial charge in [0.05, 0.1) is 12.8 Å². The molecule has 0 amide bonds. The molecule has 0 saturated heterocycles. The summed E-state index contributed by atoms with van der Waals surface area (Å²) in [6.45, 7) is 1.82. The Kier molecular flexibility index (Phi) is 3.50. The molecule has 0 bridgehead atoms. The highest BCUT2D eigenvalue weighted by Gasteiger charge is 2.20. The SMILES string of the molecule is COc1ccc(C)cc1S(=O)(=O)Nc1ccc2ocnc2c1. The van der Waals surface area contributed by atoms with Gasteiger partial charge < -0.3 is 9.15 Å². The van der Waals surface area contributed by atoms with Crippen LogP contribution in [0.4, 0.5) is 5.69 Å². The monoisotopic (exact) mass is 318 g/mol. The van der Waals surface area contributed by atoms with E-state index in [-0.39, 0.29) is 4.90 Å². The van der Waals surface area contributed by atoms with Crippen molar-refractivity contribution < 1.29 is 17.6 Å². The average molecular weight is 318 g/mol. The van der Waals surface area contributed by atoms with E-state index in [0.29, 0.717) is 22.5 Å². The lowest BCUT2D eigenvalue weighted by Gasteiger charge is -2.12. The maximum Gasteiger partial charge on any atom is 0.265 e. The van der Waals surface area contributed by atoms with Crippen LogP contribution in [0.5, 0.6) is 5.75 Å². The zero-order valence-corrected chi connectivity index (χ0v) is 12.8. The quantitative estimate of drug-likeness (QED) is 0.800. The molecule has 3 rings (SSSR count). The topological polar surface area (TPSA) is 81.4 Å². The molecule has 114 valence electrons. The molecular weight excluding hydrogens is 304 g/mol. The second kappa shape index (κ2) is 5.34. The molecular formula is C15H14N2O4S.